The standard InChI is InChI=1S/C10H17N3/c1-4-5-9-7(2)6-8(11)10(12-3)13-9/h6H,4-5,11H2,1-3H3,(H,12,13). The van der Waals surface area contributed by atoms with Crippen molar-refractivity contribution in [3.63, 3.8) is 0 Å². The van der Waals surface area contributed by atoms with Crippen LogP contribution in [0.5, 0.6) is 0 Å². The van der Waals surface area contributed by atoms with Crippen LogP contribution in [0, 0.1) is 6.92 Å². The molecule has 0 aliphatic rings. The van der Waals surface area contributed by atoms with Crippen LogP contribution in [0.1, 0.15) is 24.6 Å². The topological polar surface area (TPSA) is 50.9 Å². The Balaban J connectivity index is 3.06. The monoisotopic (exact) mass is 179 g/mol. The van der Waals surface area contributed by atoms with Gasteiger partial charge in [0.25, 0.3) is 0 Å². The van der Waals surface area contributed by atoms with Crippen LogP contribution in [0.2, 0.25) is 0 Å². The number of pyridine rings is 1. The first kappa shape index (κ1) is 9.84. The summed E-state index contributed by atoms with van der Waals surface area (Å²) in [6.45, 7) is 4.20. The third-order valence-electron chi connectivity index (χ3n) is 2.07. The molecule has 0 bridgehead atoms. The Hall–Kier alpha value is -1.25. The zero-order valence-electron chi connectivity index (χ0n) is 8.52. The van der Waals surface area contributed by atoms with Gasteiger partial charge in [-0.1, -0.05) is 13.3 Å². The van der Waals surface area contributed by atoms with E-state index in [1.807, 2.05) is 20.0 Å². The van der Waals surface area contributed by atoms with E-state index in [0.29, 0.717) is 0 Å². The van der Waals surface area contributed by atoms with E-state index in [1.54, 1.807) is 0 Å². The molecule has 1 aromatic heterocycles. The molecule has 72 valence electrons. The summed E-state index contributed by atoms with van der Waals surface area (Å²) < 4.78 is 0. The van der Waals surface area contributed by atoms with Crippen LogP contribution in [0.25, 0.3) is 0 Å². The van der Waals surface area contributed by atoms with Gasteiger partial charge in [-0.3, -0.25) is 0 Å². The number of anilines is 2. The molecule has 0 saturated carbocycles. The summed E-state index contributed by atoms with van der Waals surface area (Å²) in [6, 6.07) is 1.98. The Morgan fingerprint density at radius 1 is 1.54 bits per heavy atom. The van der Waals surface area contributed by atoms with E-state index in [9.17, 15) is 0 Å². The normalized spacial score (nSPS) is 10.1. The van der Waals surface area contributed by atoms with Crippen LogP contribution in [0.4, 0.5) is 11.5 Å². The summed E-state index contributed by atoms with van der Waals surface area (Å²) in [6.07, 6.45) is 2.13. The van der Waals surface area contributed by atoms with Crippen molar-refractivity contribution in [1.82, 2.24) is 4.98 Å². The fourth-order valence-corrected chi connectivity index (χ4v) is 1.36. The Morgan fingerprint density at radius 2 is 2.23 bits per heavy atom. The molecule has 13 heavy (non-hydrogen) atoms. The van der Waals surface area contributed by atoms with E-state index in [2.05, 4.69) is 17.2 Å². The highest BCUT2D eigenvalue weighted by Gasteiger charge is 2.04. The van der Waals surface area contributed by atoms with E-state index in [-0.39, 0.29) is 0 Å². The third-order valence-corrected chi connectivity index (χ3v) is 2.07. The molecule has 0 atom stereocenters. The van der Waals surface area contributed by atoms with E-state index < -0.39 is 0 Å². The first-order chi connectivity index (χ1) is 6.19. The minimum atomic E-state index is 0.722. The molecule has 0 radical (unpaired) electrons. The Labute approximate surface area is 79.4 Å². The molecule has 1 heterocycles. The van der Waals surface area contributed by atoms with Crippen LogP contribution in [-0.4, -0.2) is 12.0 Å². The first-order valence-corrected chi connectivity index (χ1v) is 4.62. The van der Waals surface area contributed by atoms with Gasteiger partial charge >= 0.3 is 0 Å². The molecular formula is C10H17N3. The molecule has 0 saturated heterocycles. The van der Waals surface area contributed by atoms with E-state index in [0.717, 1.165) is 30.0 Å². The van der Waals surface area contributed by atoms with Gasteiger partial charge < -0.3 is 11.1 Å². The zero-order chi connectivity index (χ0) is 9.84. The van der Waals surface area contributed by atoms with Gasteiger partial charge in [0.05, 0.1) is 5.69 Å². The number of hydrogen-bond acceptors (Lipinski definition) is 3. The number of rotatable bonds is 3. The molecule has 0 aliphatic carbocycles. The van der Waals surface area contributed by atoms with Crippen LogP contribution in [-0.2, 0) is 6.42 Å². The van der Waals surface area contributed by atoms with Crippen molar-refractivity contribution in [3.8, 4) is 0 Å². The highest BCUT2D eigenvalue weighted by Crippen LogP contribution is 2.19. The number of nitrogens with two attached hydrogens (primary N) is 1. The third kappa shape index (κ3) is 2.11. The molecule has 3 nitrogen and oxygen atoms in total. The van der Waals surface area contributed by atoms with Gasteiger partial charge in [-0.15, -0.1) is 0 Å². The fourth-order valence-electron chi connectivity index (χ4n) is 1.36. The number of aromatic nitrogens is 1. The predicted molar refractivity (Wildman–Crippen MR) is 56.9 cm³/mol. The SMILES string of the molecule is CCCc1nc(NC)c(N)cc1C. The van der Waals surface area contributed by atoms with Gasteiger partial charge in [0.1, 0.15) is 5.82 Å². The number of hydrogen-bond donors (Lipinski definition) is 2. The molecule has 1 rings (SSSR count). The highest BCUT2D eigenvalue weighted by atomic mass is 15.0. The van der Waals surface area contributed by atoms with Gasteiger partial charge in [0.2, 0.25) is 0 Å². The molecule has 0 unspecified atom stereocenters. The smallest absolute Gasteiger partial charge is 0.149 e. The van der Waals surface area contributed by atoms with Gasteiger partial charge in [-0.2, -0.15) is 0 Å². The van der Waals surface area contributed by atoms with Crippen molar-refractivity contribution in [1.29, 1.82) is 0 Å². The Morgan fingerprint density at radius 3 is 2.77 bits per heavy atom. The summed E-state index contributed by atoms with van der Waals surface area (Å²) in [7, 11) is 1.84. The summed E-state index contributed by atoms with van der Waals surface area (Å²) in [4.78, 5) is 4.44. The minimum absolute atomic E-state index is 0.722. The van der Waals surface area contributed by atoms with Crippen molar-refractivity contribution < 1.29 is 0 Å². The zero-order valence-corrected chi connectivity index (χ0v) is 8.52. The summed E-state index contributed by atoms with van der Waals surface area (Å²) in [5.41, 5.74) is 8.81. The molecule has 3 N–H and O–H groups in total. The number of nitrogens with one attached hydrogen (secondary N) is 1. The van der Waals surface area contributed by atoms with Crippen molar-refractivity contribution >= 4 is 11.5 Å². The molecule has 0 spiro atoms. The number of aryl methyl sites for hydroxylation is 2. The van der Waals surface area contributed by atoms with E-state index in [1.165, 1.54) is 5.56 Å². The second kappa shape index (κ2) is 4.12. The summed E-state index contributed by atoms with van der Waals surface area (Å²) in [5.74, 6) is 0.786. The fraction of sp³-hybridized carbons (Fsp3) is 0.500. The van der Waals surface area contributed by atoms with Gasteiger partial charge in [-0.05, 0) is 25.0 Å². The molecular weight excluding hydrogens is 162 g/mol. The van der Waals surface area contributed by atoms with Crippen LogP contribution >= 0.6 is 0 Å². The maximum atomic E-state index is 5.77. The number of nitrogens with zero attached hydrogens (tertiary/aromatic N) is 1. The van der Waals surface area contributed by atoms with Crippen LogP contribution < -0.4 is 11.1 Å². The van der Waals surface area contributed by atoms with Crippen LogP contribution in [0.15, 0.2) is 6.07 Å². The van der Waals surface area contributed by atoms with Crippen molar-refractivity contribution in [2.24, 2.45) is 0 Å². The molecule has 0 amide bonds. The Bertz CT molecular complexity index is 294. The molecule has 0 aliphatic heterocycles. The van der Waals surface area contributed by atoms with Crippen molar-refractivity contribution in [2.45, 2.75) is 26.7 Å². The second-order valence-corrected chi connectivity index (χ2v) is 3.19. The first-order valence-electron chi connectivity index (χ1n) is 4.62. The van der Waals surface area contributed by atoms with Crippen LogP contribution in [0.3, 0.4) is 0 Å². The number of nitrogen functional groups attached to an aromatic ring is 1. The minimum Gasteiger partial charge on any atom is -0.396 e. The summed E-state index contributed by atoms with van der Waals surface area (Å²) in [5, 5.41) is 2.99. The average molecular weight is 179 g/mol. The average Bonchev–Trinajstić information content (AvgIpc) is 2.10. The predicted octanol–water partition coefficient (Wildman–Crippen LogP) is 1.97. The lowest BCUT2D eigenvalue weighted by Crippen LogP contribution is -2.03. The lowest BCUT2D eigenvalue weighted by Gasteiger charge is -2.09. The van der Waals surface area contributed by atoms with Gasteiger partial charge in [0.15, 0.2) is 0 Å². The summed E-state index contributed by atoms with van der Waals surface area (Å²) >= 11 is 0. The molecule has 0 aromatic carbocycles. The van der Waals surface area contributed by atoms with E-state index >= 15 is 0 Å². The Kier molecular flexibility index (Phi) is 3.12. The van der Waals surface area contributed by atoms with Crippen molar-refractivity contribution in [3.05, 3.63) is 17.3 Å². The van der Waals surface area contributed by atoms with Gasteiger partial charge in [0, 0.05) is 12.7 Å². The highest BCUT2D eigenvalue weighted by molar-refractivity contribution is 5.62. The molecule has 1 aromatic rings. The van der Waals surface area contributed by atoms with E-state index in [4.69, 9.17) is 5.73 Å². The molecule has 3 heteroatoms. The van der Waals surface area contributed by atoms with Crippen molar-refractivity contribution in [2.75, 3.05) is 18.1 Å². The van der Waals surface area contributed by atoms with Gasteiger partial charge in [-0.25, -0.2) is 4.98 Å². The molecule has 0 fully saturated rings. The quantitative estimate of drug-likeness (QED) is 0.745. The largest absolute Gasteiger partial charge is 0.396 e. The maximum Gasteiger partial charge on any atom is 0.149 e. The second-order valence-electron chi connectivity index (χ2n) is 3.19. The maximum absolute atomic E-state index is 5.77. The lowest BCUT2D eigenvalue weighted by molar-refractivity contribution is 0.873. The lowest BCUT2D eigenvalue weighted by atomic mass is 10.1.